The lowest BCUT2D eigenvalue weighted by molar-refractivity contribution is -0.120. The summed E-state index contributed by atoms with van der Waals surface area (Å²) in [4.78, 5) is 48.3. The largest absolute Gasteiger partial charge is 0.497 e. The van der Waals surface area contributed by atoms with E-state index in [-0.39, 0.29) is 23.7 Å². The zero-order valence-corrected chi connectivity index (χ0v) is 24.0. The Labute approximate surface area is 252 Å². The third-order valence-electron chi connectivity index (χ3n) is 8.27. The number of anilines is 1. The number of hydrogen-bond donors (Lipinski definition) is 2. The lowest BCUT2D eigenvalue weighted by Crippen LogP contribution is -2.44. The summed E-state index contributed by atoms with van der Waals surface area (Å²) in [5.74, 6) is -0.0927. The Kier molecular flexibility index (Phi) is 6.63. The molecule has 2 aliphatic heterocycles. The molecule has 2 aliphatic rings. The van der Waals surface area contributed by atoms with Crippen LogP contribution in [0.2, 0.25) is 5.02 Å². The zero-order chi connectivity index (χ0) is 29.7. The number of imide groups is 1. The van der Waals surface area contributed by atoms with Crippen LogP contribution in [0.25, 0.3) is 10.9 Å². The minimum atomic E-state index is -0.745. The van der Waals surface area contributed by atoms with Gasteiger partial charge in [0, 0.05) is 34.6 Å². The first kappa shape index (κ1) is 26.8. The Morgan fingerprint density at radius 1 is 0.953 bits per heavy atom. The summed E-state index contributed by atoms with van der Waals surface area (Å²) in [6.45, 7) is 0.199. The molecule has 7 rings (SSSR count). The van der Waals surface area contributed by atoms with E-state index in [2.05, 4.69) is 10.3 Å². The van der Waals surface area contributed by atoms with E-state index in [1.54, 1.807) is 42.3 Å². The molecule has 1 saturated heterocycles. The summed E-state index contributed by atoms with van der Waals surface area (Å²) < 4.78 is 5.37. The monoisotopic (exact) mass is 590 g/mol. The number of carbonyl (C=O) groups is 3. The van der Waals surface area contributed by atoms with Crippen molar-refractivity contribution in [3.63, 3.8) is 0 Å². The molecule has 2 N–H and O–H groups in total. The van der Waals surface area contributed by atoms with Crippen molar-refractivity contribution in [1.82, 2.24) is 15.2 Å². The predicted octanol–water partition coefficient (Wildman–Crippen LogP) is 6.24. The van der Waals surface area contributed by atoms with Crippen molar-refractivity contribution in [1.29, 1.82) is 0 Å². The SMILES string of the molecule is COc1ccc([C@@H]2c3[nH]c4ccccc4c3C[C@H]3C(=O)N(c4ccccc4C(=O)NCc4ccccc4Cl)C(=O)N23)cc1. The Bertz CT molecular complexity index is 1900. The molecule has 43 heavy (non-hydrogen) atoms. The maximum Gasteiger partial charge on any atom is 0.332 e. The first-order valence-corrected chi connectivity index (χ1v) is 14.3. The molecule has 9 heteroatoms. The van der Waals surface area contributed by atoms with E-state index in [0.29, 0.717) is 17.2 Å². The molecule has 0 radical (unpaired) electrons. The smallest absolute Gasteiger partial charge is 0.332 e. The van der Waals surface area contributed by atoms with Crippen LogP contribution in [0.4, 0.5) is 10.5 Å². The number of benzene rings is 4. The van der Waals surface area contributed by atoms with Crippen molar-refractivity contribution in [2.24, 2.45) is 0 Å². The van der Waals surface area contributed by atoms with E-state index in [1.165, 1.54) is 0 Å². The lowest BCUT2D eigenvalue weighted by atomic mass is 9.89. The molecule has 1 fully saturated rings. The highest BCUT2D eigenvalue weighted by molar-refractivity contribution is 6.31. The normalized spacial score (nSPS) is 17.6. The first-order valence-electron chi connectivity index (χ1n) is 14.0. The third kappa shape index (κ3) is 4.42. The number of methoxy groups -OCH3 is 1. The van der Waals surface area contributed by atoms with Crippen LogP contribution in [0.5, 0.6) is 5.75 Å². The molecule has 5 aromatic rings. The molecule has 4 aromatic carbocycles. The topological polar surface area (TPSA) is 94.7 Å². The average molecular weight is 591 g/mol. The maximum absolute atomic E-state index is 14.3. The van der Waals surface area contributed by atoms with Crippen LogP contribution < -0.4 is 15.0 Å². The summed E-state index contributed by atoms with van der Waals surface area (Å²) >= 11 is 6.28. The van der Waals surface area contributed by atoms with Gasteiger partial charge < -0.3 is 15.0 Å². The highest BCUT2D eigenvalue weighted by atomic mass is 35.5. The van der Waals surface area contributed by atoms with Gasteiger partial charge in [-0.1, -0.05) is 72.3 Å². The Morgan fingerprint density at radius 2 is 1.67 bits per heavy atom. The van der Waals surface area contributed by atoms with Gasteiger partial charge in [0.25, 0.3) is 11.8 Å². The Hall–Kier alpha value is -5.08. The number of carbonyl (C=O) groups excluding carboxylic acids is 3. The van der Waals surface area contributed by atoms with Crippen LogP contribution in [0.1, 0.15) is 38.8 Å². The van der Waals surface area contributed by atoms with Crippen LogP contribution >= 0.6 is 11.6 Å². The van der Waals surface area contributed by atoms with Crippen LogP contribution in [-0.2, 0) is 17.8 Å². The molecule has 0 aliphatic carbocycles. The highest BCUT2D eigenvalue weighted by Crippen LogP contribution is 2.45. The number of nitrogens with one attached hydrogen (secondary N) is 2. The number of amides is 4. The van der Waals surface area contributed by atoms with Crippen molar-refractivity contribution in [3.8, 4) is 5.75 Å². The van der Waals surface area contributed by atoms with Gasteiger partial charge in [0.2, 0.25) is 0 Å². The van der Waals surface area contributed by atoms with Crippen molar-refractivity contribution < 1.29 is 19.1 Å². The number of para-hydroxylation sites is 2. The van der Waals surface area contributed by atoms with Gasteiger partial charge in [-0.3, -0.25) is 14.5 Å². The number of H-pyrrole nitrogens is 1. The summed E-state index contributed by atoms with van der Waals surface area (Å²) in [6, 6.07) is 27.6. The highest BCUT2D eigenvalue weighted by Gasteiger charge is 2.53. The van der Waals surface area contributed by atoms with Gasteiger partial charge >= 0.3 is 6.03 Å². The molecular weight excluding hydrogens is 564 g/mol. The fraction of sp³-hybridized carbons (Fsp3) is 0.147. The second kappa shape index (κ2) is 10.6. The number of aromatic amines is 1. The van der Waals surface area contributed by atoms with Gasteiger partial charge in [0.05, 0.1) is 18.4 Å². The second-order valence-electron chi connectivity index (χ2n) is 10.6. The molecule has 3 heterocycles. The van der Waals surface area contributed by atoms with E-state index in [9.17, 15) is 14.4 Å². The van der Waals surface area contributed by atoms with E-state index in [4.69, 9.17) is 16.3 Å². The van der Waals surface area contributed by atoms with Crippen molar-refractivity contribution in [2.75, 3.05) is 12.0 Å². The predicted molar refractivity (Wildman–Crippen MR) is 164 cm³/mol. The number of urea groups is 1. The summed E-state index contributed by atoms with van der Waals surface area (Å²) in [5, 5.41) is 4.45. The van der Waals surface area contributed by atoms with E-state index in [1.807, 2.05) is 66.7 Å². The molecule has 4 amide bonds. The maximum atomic E-state index is 14.3. The van der Waals surface area contributed by atoms with Crippen LogP contribution in [0.3, 0.4) is 0 Å². The van der Waals surface area contributed by atoms with Crippen LogP contribution in [0, 0.1) is 0 Å². The van der Waals surface area contributed by atoms with E-state index >= 15 is 0 Å². The van der Waals surface area contributed by atoms with Gasteiger partial charge in [-0.05, 0) is 53.1 Å². The first-order chi connectivity index (χ1) is 21.0. The summed E-state index contributed by atoms with van der Waals surface area (Å²) in [6.07, 6.45) is 0.355. The minimum absolute atomic E-state index is 0.199. The quantitative estimate of drug-likeness (QED) is 0.229. The van der Waals surface area contributed by atoms with Crippen molar-refractivity contribution >= 4 is 46.0 Å². The zero-order valence-electron chi connectivity index (χ0n) is 23.2. The van der Waals surface area contributed by atoms with E-state index in [0.717, 1.165) is 38.2 Å². The number of ether oxygens (including phenoxy) is 1. The van der Waals surface area contributed by atoms with Gasteiger partial charge in [-0.15, -0.1) is 0 Å². The Morgan fingerprint density at radius 3 is 2.47 bits per heavy atom. The van der Waals surface area contributed by atoms with Crippen molar-refractivity contribution in [3.05, 3.63) is 130 Å². The molecule has 0 unspecified atom stereocenters. The molecule has 1 aromatic heterocycles. The minimum Gasteiger partial charge on any atom is -0.497 e. The van der Waals surface area contributed by atoms with Crippen LogP contribution in [-0.4, -0.2) is 40.9 Å². The number of aromatic nitrogens is 1. The third-order valence-corrected chi connectivity index (χ3v) is 8.64. The van der Waals surface area contributed by atoms with Gasteiger partial charge in [-0.2, -0.15) is 0 Å². The fourth-order valence-corrected chi connectivity index (χ4v) is 6.40. The number of nitrogens with zero attached hydrogens (tertiary/aromatic N) is 2. The molecule has 0 spiro atoms. The molecule has 0 bridgehead atoms. The number of halogens is 1. The summed E-state index contributed by atoms with van der Waals surface area (Å²) in [5.41, 5.74) is 4.89. The van der Waals surface area contributed by atoms with Crippen LogP contribution in [0.15, 0.2) is 97.1 Å². The molecule has 8 nitrogen and oxygen atoms in total. The number of rotatable bonds is 6. The fourth-order valence-electron chi connectivity index (χ4n) is 6.20. The standard InChI is InChI=1S/C34H27ClN4O4/c1-43-22-16-14-20(15-17-22)31-30-25(23-9-3-6-12-27(23)37-30)18-29-33(41)39(34(42)38(29)31)28-13-7-4-10-24(28)32(40)36-19-21-8-2-5-11-26(21)35/h2-17,29,31,37H,18-19H2,1H3,(H,36,40)/t29-,31+/m0/s1. The van der Waals surface area contributed by atoms with Crippen molar-refractivity contribution in [2.45, 2.75) is 25.0 Å². The summed E-state index contributed by atoms with van der Waals surface area (Å²) in [7, 11) is 1.60. The molecular formula is C34H27ClN4O4. The molecule has 2 atom stereocenters. The Balaban J connectivity index is 1.28. The van der Waals surface area contributed by atoms with Gasteiger partial charge in [0.15, 0.2) is 0 Å². The van der Waals surface area contributed by atoms with Gasteiger partial charge in [-0.25, -0.2) is 9.69 Å². The lowest BCUT2D eigenvalue weighted by Gasteiger charge is -2.36. The average Bonchev–Trinajstić information content (AvgIpc) is 3.53. The molecule has 214 valence electrons. The molecule has 0 saturated carbocycles. The second-order valence-corrected chi connectivity index (χ2v) is 11.0. The number of hydrogen-bond acceptors (Lipinski definition) is 4. The van der Waals surface area contributed by atoms with E-state index < -0.39 is 24.0 Å². The number of fused-ring (bicyclic) bond motifs is 4. The van der Waals surface area contributed by atoms with Gasteiger partial charge in [0.1, 0.15) is 17.8 Å².